The molecule has 0 aliphatic rings. The molecule has 30 heavy (non-hydrogen) atoms. The van der Waals surface area contributed by atoms with Crippen molar-refractivity contribution in [1.82, 2.24) is 14.5 Å². The number of nitrogens with one attached hydrogen (secondary N) is 1. The first kappa shape index (κ1) is 22.2. The fourth-order valence-corrected chi connectivity index (χ4v) is 4.54. The molecule has 0 aliphatic heterocycles. The molecule has 0 bridgehead atoms. The zero-order valence-corrected chi connectivity index (χ0v) is 19.4. The Labute approximate surface area is 181 Å². The van der Waals surface area contributed by atoms with Gasteiger partial charge in [-0.05, 0) is 63.5 Å². The number of fused-ring (bicyclic) bond motifs is 1. The number of nitrogens with zero attached hydrogens (tertiary/aromatic N) is 3. The van der Waals surface area contributed by atoms with E-state index in [4.69, 9.17) is 4.98 Å². The number of aryl methyl sites for hydroxylation is 4. The SMILES string of the molecule is CCN(CC)Cc1nc2sc(C)c(C)c2c(=O)n1CC(=O)Nc1cc(C)ccc1C. The molecule has 160 valence electrons. The maximum atomic E-state index is 13.4. The van der Waals surface area contributed by atoms with Crippen molar-refractivity contribution < 1.29 is 4.79 Å². The summed E-state index contributed by atoms with van der Waals surface area (Å²) in [4.78, 5) is 35.1. The van der Waals surface area contributed by atoms with E-state index in [1.165, 1.54) is 11.3 Å². The third kappa shape index (κ3) is 4.47. The van der Waals surface area contributed by atoms with Gasteiger partial charge in [-0.15, -0.1) is 11.3 Å². The number of hydrogen-bond acceptors (Lipinski definition) is 5. The Bertz CT molecular complexity index is 1140. The van der Waals surface area contributed by atoms with Crippen LogP contribution < -0.4 is 10.9 Å². The molecule has 0 fully saturated rings. The van der Waals surface area contributed by atoms with Gasteiger partial charge in [0.1, 0.15) is 17.2 Å². The van der Waals surface area contributed by atoms with Gasteiger partial charge in [-0.2, -0.15) is 0 Å². The summed E-state index contributed by atoms with van der Waals surface area (Å²) < 4.78 is 1.54. The molecule has 0 aliphatic carbocycles. The minimum atomic E-state index is -0.225. The average molecular weight is 427 g/mol. The van der Waals surface area contributed by atoms with E-state index < -0.39 is 0 Å². The van der Waals surface area contributed by atoms with Crippen molar-refractivity contribution in [3.8, 4) is 0 Å². The summed E-state index contributed by atoms with van der Waals surface area (Å²) in [7, 11) is 0. The normalized spacial score (nSPS) is 11.4. The van der Waals surface area contributed by atoms with Crippen LogP contribution in [-0.4, -0.2) is 33.4 Å². The highest BCUT2D eigenvalue weighted by molar-refractivity contribution is 7.18. The van der Waals surface area contributed by atoms with Gasteiger partial charge in [0.25, 0.3) is 5.56 Å². The minimum absolute atomic E-state index is 0.0555. The third-order valence-electron chi connectivity index (χ3n) is 5.60. The van der Waals surface area contributed by atoms with Crippen molar-refractivity contribution in [3.05, 3.63) is 55.9 Å². The first-order valence-corrected chi connectivity index (χ1v) is 11.2. The summed E-state index contributed by atoms with van der Waals surface area (Å²) in [5, 5.41) is 3.59. The molecular formula is C23H30N4O2S. The largest absolute Gasteiger partial charge is 0.324 e. The highest BCUT2D eigenvalue weighted by Crippen LogP contribution is 2.26. The molecule has 7 heteroatoms. The van der Waals surface area contributed by atoms with Crippen molar-refractivity contribution in [2.24, 2.45) is 0 Å². The van der Waals surface area contributed by atoms with E-state index in [-0.39, 0.29) is 18.0 Å². The van der Waals surface area contributed by atoms with E-state index >= 15 is 0 Å². The molecule has 2 aromatic heterocycles. The summed E-state index contributed by atoms with van der Waals surface area (Å²) in [6.45, 7) is 14.2. The molecule has 2 heterocycles. The van der Waals surface area contributed by atoms with Crippen molar-refractivity contribution in [2.45, 2.75) is 54.6 Å². The van der Waals surface area contributed by atoms with Crippen LogP contribution in [0.3, 0.4) is 0 Å². The van der Waals surface area contributed by atoms with Crippen molar-refractivity contribution in [3.63, 3.8) is 0 Å². The number of rotatable bonds is 7. The zero-order chi connectivity index (χ0) is 22.0. The first-order chi connectivity index (χ1) is 14.2. The molecule has 0 spiro atoms. The fourth-order valence-electron chi connectivity index (χ4n) is 3.50. The van der Waals surface area contributed by atoms with Gasteiger partial charge < -0.3 is 5.32 Å². The first-order valence-electron chi connectivity index (χ1n) is 10.3. The van der Waals surface area contributed by atoms with Gasteiger partial charge >= 0.3 is 0 Å². The molecule has 3 rings (SSSR count). The molecule has 0 atom stereocenters. The molecule has 1 aromatic carbocycles. The highest BCUT2D eigenvalue weighted by Gasteiger charge is 2.19. The smallest absolute Gasteiger partial charge is 0.263 e. The topological polar surface area (TPSA) is 67.2 Å². The molecule has 6 nitrogen and oxygen atoms in total. The summed E-state index contributed by atoms with van der Waals surface area (Å²) in [5.74, 6) is 0.408. The Morgan fingerprint density at radius 3 is 2.53 bits per heavy atom. The quantitative estimate of drug-likeness (QED) is 0.616. The number of thiophene rings is 1. The monoisotopic (exact) mass is 426 g/mol. The standard InChI is InChI=1S/C23H30N4O2S/c1-7-26(8-2)12-19-25-22-21(16(5)17(6)30-22)23(29)27(19)13-20(28)24-18-11-14(3)9-10-15(18)4/h9-11H,7-8,12-13H2,1-6H3,(H,24,28). The molecule has 0 radical (unpaired) electrons. The van der Waals surface area contributed by atoms with Gasteiger partial charge in [-0.1, -0.05) is 26.0 Å². The third-order valence-corrected chi connectivity index (χ3v) is 6.70. The summed E-state index contributed by atoms with van der Waals surface area (Å²) >= 11 is 1.54. The summed E-state index contributed by atoms with van der Waals surface area (Å²) in [5.41, 5.74) is 3.64. The number of amides is 1. The van der Waals surface area contributed by atoms with Crippen molar-refractivity contribution in [1.29, 1.82) is 0 Å². The van der Waals surface area contributed by atoms with E-state index in [1.54, 1.807) is 4.57 Å². The second kappa shape index (κ2) is 9.10. The number of carbonyl (C=O) groups excluding carboxylic acids is 1. The van der Waals surface area contributed by atoms with E-state index in [1.807, 2.05) is 45.9 Å². The Hall–Kier alpha value is -2.51. The second-order valence-corrected chi connectivity index (χ2v) is 8.91. The van der Waals surface area contributed by atoms with Crippen LogP contribution in [0.1, 0.15) is 41.2 Å². The highest BCUT2D eigenvalue weighted by atomic mass is 32.1. The van der Waals surface area contributed by atoms with Crippen LogP contribution in [0.25, 0.3) is 10.2 Å². The number of aromatic nitrogens is 2. The van der Waals surface area contributed by atoms with Crippen LogP contribution in [0.5, 0.6) is 0 Å². The van der Waals surface area contributed by atoms with Crippen molar-refractivity contribution >= 4 is 33.1 Å². The van der Waals surface area contributed by atoms with E-state index in [0.717, 1.165) is 45.2 Å². The van der Waals surface area contributed by atoms with Crippen LogP contribution in [-0.2, 0) is 17.9 Å². The molecule has 1 N–H and O–H groups in total. The van der Waals surface area contributed by atoms with Crippen LogP contribution in [0.2, 0.25) is 0 Å². The van der Waals surface area contributed by atoms with Gasteiger partial charge in [-0.25, -0.2) is 4.98 Å². The van der Waals surface area contributed by atoms with Crippen LogP contribution in [0.4, 0.5) is 5.69 Å². The Balaban J connectivity index is 2.02. The number of carbonyl (C=O) groups is 1. The molecule has 0 saturated carbocycles. The summed E-state index contributed by atoms with van der Waals surface area (Å²) in [6, 6.07) is 5.94. The fraction of sp³-hybridized carbons (Fsp3) is 0.435. The molecular weight excluding hydrogens is 396 g/mol. The number of benzene rings is 1. The van der Waals surface area contributed by atoms with Gasteiger partial charge in [0.15, 0.2) is 0 Å². The summed E-state index contributed by atoms with van der Waals surface area (Å²) in [6.07, 6.45) is 0. The van der Waals surface area contributed by atoms with Crippen molar-refractivity contribution in [2.75, 3.05) is 18.4 Å². The minimum Gasteiger partial charge on any atom is -0.324 e. The molecule has 1 amide bonds. The molecule has 0 saturated heterocycles. The van der Waals surface area contributed by atoms with Gasteiger partial charge in [0.2, 0.25) is 5.91 Å². The lowest BCUT2D eigenvalue weighted by atomic mass is 10.1. The molecule has 3 aromatic rings. The lowest BCUT2D eigenvalue weighted by Gasteiger charge is -2.20. The van der Waals surface area contributed by atoms with Crippen LogP contribution in [0.15, 0.2) is 23.0 Å². The average Bonchev–Trinajstić information content (AvgIpc) is 2.99. The van der Waals surface area contributed by atoms with Gasteiger partial charge in [0.05, 0.1) is 11.9 Å². The van der Waals surface area contributed by atoms with E-state index in [2.05, 4.69) is 24.1 Å². The van der Waals surface area contributed by atoms with Gasteiger partial charge in [0, 0.05) is 10.6 Å². The van der Waals surface area contributed by atoms with E-state index in [0.29, 0.717) is 17.8 Å². The zero-order valence-electron chi connectivity index (χ0n) is 18.6. The van der Waals surface area contributed by atoms with Crippen LogP contribution in [0, 0.1) is 27.7 Å². The predicted octanol–water partition coefficient (Wildman–Crippen LogP) is 4.17. The van der Waals surface area contributed by atoms with Gasteiger partial charge in [-0.3, -0.25) is 19.1 Å². The lowest BCUT2D eigenvalue weighted by Crippen LogP contribution is -2.34. The predicted molar refractivity (Wildman–Crippen MR) is 125 cm³/mol. The molecule has 0 unspecified atom stereocenters. The Kier molecular flexibility index (Phi) is 6.73. The number of anilines is 1. The van der Waals surface area contributed by atoms with Crippen LogP contribution >= 0.6 is 11.3 Å². The Morgan fingerprint density at radius 2 is 1.87 bits per heavy atom. The Morgan fingerprint density at radius 1 is 1.17 bits per heavy atom. The number of hydrogen-bond donors (Lipinski definition) is 1. The van der Waals surface area contributed by atoms with E-state index in [9.17, 15) is 9.59 Å². The lowest BCUT2D eigenvalue weighted by molar-refractivity contribution is -0.116. The second-order valence-electron chi connectivity index (χ2n) is 7.71. The maximum absolute atomic E-state index is 13.4. The maximum Gasteiger partial charge on any atom is 0.263 e.